The molecule has 1 heterocycles. The van der Waals surface area contributed by atoms with Crippen molar-refractivity contribution in [1.29, 1.82) is 0 Å². The van der Waals surface area contributed by atoms with Gasteiger partial charge in [0.25, 0.3) is 0 Å². The standard InChI is InChI=1S/C18H18ClN3O2/c1-4-18(2,3)12-7-11(10-23)17(24)16(8-12)22-20-14-6-5-13(19)9-15(14)21-22/h5-10,24H,4H2,1-3H3. The quantitative estimate of drug-likeness (QED) is 0.718. The monoisotopic (exact) mass is 343 g/mol. The van der Waals surface area contributed by atoms with Crippen LogP contribution in [-0.4, -0.2) is 26.4 Å². The molecule has 124 valence electrons. The van der Waals surface area contributed by atoms with E-state index in [1.54, 1.807) is 24.3 Å². The van der Waals surface area contributed by atoms with E-state index >= 15 is 0 Å². The van der Waals surface area contributed by atoms with Crippen LogP contribution in [0.25, 0.3) is 16.7 Å². The smallest absolute Gasteiger partial charge is 0.153 e. The molecule has 24 heavy (non-hydrogen) atoms. The van der Waals surface area contributed by atoms with Crippen molar-refractivity contribution < 1.29 is 9.90 Å². The molecule has 2 aromatic carbocycles. The largest absolute Gasteiger partial charge is 0.505 e. The number of carbonyl (C=O) groups is 1. The highest BCUT2D eigenvalue weighted by atomic mass is 35.5. The minimum atomic E-state index is -0.143. The number of rotatable bonds is 4. The van der Waals surface area contributed by atoms with E-state index in [4.69, 9.17) is 11.6 Å². The molecule has 0 unspecified atom stereocenters. The predicted molar refractivity (Wildman–Crippen MR) is 94.2 cm³/mol. The summed E-state index contributed by atoms with van der Waals surface area (Å²) in [5.74, 6) is -0.132. The van der Waals surface area contributed by atoms with Crippen LogP contribution in [0.1, 0.15) is 43.1 Å². The van der Waals surface area contributed by atoms with Crippen LogP contribution >= 0.6 is 11.6 Å². The molecule has 0 fully saturated rings. The van der Waals surface area contributed by atoms with Crippen molar-refractivity contribution in [3.05, 3.63) is 46.5 Å². The Bertz CT molecular complexity index is 931. The Balaban J connectivity index is 2.24. The second-order valence-electron chi connectivity index (χ2n) is 6.41. The fourth-order valence-electron chi connectivity index (χ4n) is 2.47. The predicted octanol–water partition coefficient (Wildman–Crippen LogP) is 4.28. The summed E-state index contributed by atoms with van der Waals surface area (Å²) >= 11 is 5.98. The van der Waals surface area contributed by atoms with Gasteiger partial charge in [0.05, 0.1) is 5.56 Å². The number of aromatic hydroxyl groups is 1. The van der Waals surface area contributed by atoms with E-state index < -0.39 is 0 Å². The number of nitrogens with zero attached hydrogens (tertiary/aromatic N) is 3. The number of benzene rings is 2. The minimum Gasteiger partial charge on any atom is -0.505 e. The highest BCUT2D eigenvalue weighted by Crippen LogP contribution is 2.34. The number of hydrogen-bond acceptors (Lipinski definition) is 4. The van der Waals surface area contributed by atoms with E-state index in [0.29, 0.717) is 28.0 Å². The van der Waals surface area contributed by atoms with Crippen molar-refractivity contribution in [2.24, 2.45) is 0 Å². The highest BCUT2D eigenvalue weighted by molar-refractivity contribution is 6.31. The van der Waals surface area contributed by atoms with Crippen LogP contribution in [0.4, 0.5) is 0 Å². The van der Waals surface area contributed by atoms with Crippen LogP contribution in [0.5, 0.6) is 5.75 Å². The molecule has 0 aliphatic heterocycles. The number of halogens is 1. The molecule has 3 aromatic rings. The van der Waals surface area contributed by atoms with Gasteiger partial charge in [-0.25, -0.2) is 0 Å². The first-order valence-corrected chi connectivity index (χ1v) is 8.09. The molecule has 0 aliphatic rings. The molecule has 6 heteroatoms. The fraction of sp³-hybridized carbons (Fsp3) is 0.278. The summed E-state index contributed by atoms with van der Waals surface area (Å²) in [5.41, 5.74) is 2.68. The lowest BCUT2D eigenvalue weighted by atomic mass is 9.81. The average Bonchev–Trinajstić information content (AvgIpc) is 2.97. The van der Waals surface area contributed by atoms with Crippen LogP contribution in [0.2, 0.25) is 5.02 Å². The lowest BCUT2D eigenvalue weighted by molar-refractivity contribution is 0.112. The van der Waals surface area contributed by atoms with Gasteiger partial charge in [0, 0.05) is 5.02 Å². The van der Waals surface area contributed by atoms with Crippen molar-refractivity contribution in [3.63, 3.8) is 0 Å². The normalized spacial score (nSPS) is 11.8. The van der Waals surface area contributed by atoms with E-state index in [9.17, 15) is 9.90 Å². The molecule has 3 rings (SSSR count). The third kappa shape index (κ3) is 2.76. The Hall–Kier alpha value is -2.40. The number of hydrogen-bond donors (Lipinski definition) is 1. The molecule has 0 radical (unpaired) electrons. The summed E-state index contributed by atoms with van der Waals surface area (Å²) < 4.78 is 0. The second kappa shape index (κ2) is 5.91. The lowest BCUT2D eigenvalue weighted by Crippen LogP contribution is -2.17. The Morgan fingerprint density at radius 2 is 1.92 bits per heavy atom. The molecule has 0 bridgehead atoms. The maximum absolute atomic E-state index is 11.4. The zero-order chi connectivity index (χ0) is 17.5. The summed E-state index contributed by atoms with van der Waals surface area (Å²) in [6.07, 6.45) is 1.54. The first-order valence-electron chi connectivity index (χ1n) is 7.71. The van der Waals surface area contributed by atoms with Gasteiger partial charge in [0.15, 0.2) is 12.0 Å². The van der Waals surface area contributed by atoms with Gasteiger partial charge in [0.1, 0.15) is 16.7 Å². The molecular formula is C18H18ClN3O2. The average molecular weight is 344 g/mol. The fourth-order valence-corrected chi connectivity index (χ4v) is 2.64. The van der Waals surface area contributed by atoms with Gasteiger partial charge in [-0.05, 0) is 47.7 Å². The van der Waals surface area contributed by atoms with Gasteiger partial charge in [-0.1, -0.05) is 32.4 Å². The molecule has 0 aliphatic carbocycles. The third-order valence-corrected chi connectivity index (χ3v) is 4.70. The van der Waals surface area contributed by atoms with Gasteiger partial charge in [-0.15, -0.1) is 15.0 Å². The first-order chi connectivity index (χ1) is 11.4. The maximum Gasteiger partial charge on any atom is 0.153 e. The number of aldehydes is 1. The summed E-state index contributed by atoms with van der Waals surface area (Å²) in [4.78, 5) is 12.7. The summed E-state index contributed by atoms with van der Waals surface area (Å²) in [6, 6.07) is 8.74. The number of aromatic nitrogens is 3. The second-order valence-corrected chi connectivity index (χ2v) is 6.85. The van der Waals surface area contributed by atoms with Crippen LogP contribution in [0.15, 0.2) is 30.3 Å². The lowest BCUT2D eigenvalue weighted by Gasteiger charge is -2.24. The van der Waals surface area contributed by atoms with Gasteiger partial charge >= 0.3 is 0 Å². The summed E-state index contributed by atoms with van der Waals surface area (Å²) in [6.45, 7) is 6.25. The van der Waals surface area contributed by atoms with Crippen molar-refractivity contribution in [3.8, 4) is 11.4 Å². The van der Waals surface area contributed by atoms with Gasteiger partial charge < -0.3 is 5.11 Å². The van der Waals surface area contributed by atoms with Gasteiger partial charge in [-0.3, -0.25) is 4.79 Å². The SMILES string of the molecule is CCC(C)(C)c1cc(C=O)c(O)c(-n2nc3ccc(Cl)cc3n2)c1. The van der Waals surface area contributed by atoms with E-state index in [0.717, 1.165) is 12.0 Å². The summed E-state index contributed by atoms with van der Waals surface area (Å²) in [7, 11) is 0. The van der Waals surface area contributed by atoms with E-state index in [1.165, 1.54) is 4.80 Å². The minimum absolute atomic E-state index is 0.132. The number of phenolic OH excluding ortho intramolecular Hbond substituents is 1. The van der Waals surface area contributed by atoms with Crippen molar-refractivity contribution in [1.82, 2.24) is 15.0 Å². The molecular weight excluding hydrogens is 326 g/mol. The van der Waals surface area contributed by atoms with Crippen molar-refractivity contribution in [2.75, 3.05) is 0 Å². The molecule has 0 saturated carbocycles. The number of carbonyl (C=O) groups excluding carboxylic acids is 1. The number of fused-ring (bicyclic) bond motifs is 1. The molecule has 1 N–H and O–H groups in total. The van der Waals surface area contributed by atoms with E-state index in [2.05, 4.69) is 31.0 Å². The van der Waals surface area contributed by atoms with E-state index in [1.807, 2.05) is 6.07 Å². The third-order valence-electron chi connectivity index (χ3n) is 4.47. The zero-order valence-electron chi connectivity index (χ0n) is 13.7. The zero-order valence-corrected chi connectivity index (χ0v) is 14.5. The highest BCUT2D eigenvalue weighted by Gasteiger charge is 2.23. The number of phenols is 1. The van der Waals surface area contributed by atoms with Gasteiger partial charge in [-0.2, -0.15) is 0 Å². The first kappa shape index (κ1) is 16.5. The Labute approximate surface area is 144 Å². The van der Waals surface area contributed by atoms with Crippen molar-refractivity contribution in [2.45, 2.75) is 32.6 Å². The molecule has 0 spiro atoms. The van der Waals surface area contributed by atoms with Crippen molar-refractivity contribution >= 4 is 28.9 Å². The topological polar surface area (TPSA) is 68.0 Å². The Morgan fingerprint density at radius 1 is 1.21 bits per heavy atom. The maximum atomic E-state index is 11.4. The molecule has 5 nitrogen and oxygen atoms in total. The molecule has 0 amide bonds. The molecule has 1 aromatic heterocycles. The Morgan fingerprint density at radius 3 is 2.58 bits per heavy atom. The summed E-state index contributed by atoms with van der Waals surface area (Å²) in [5, 5.41) is 19.7. The van der Waals surface area contributed by atoms with Crippen LogP contribution in [0.3, 0.4) is 0 Å². The molecule has 0 atom stereocenters. The van der Waals surface area contributed by atoms with Gasteiger partial charge in [0.2, 0.25) is 0 Å². The van der Waals surface area contributed by atoms with Crippen LogP contribution in [-0.2, 0) is 5.41 Å². The van der Waals surface area contributed by atoms with Crippen LogP contribution in [0, 0.1) is 0 Å². The van der Waals surface area contributed by atoms with E-state index in [-0.39, 0.29) is 16.7 Å². The molecule has 0 saturated heterocycles. The van der Waals surface area contributed by atoms with Crippen LogP contribution < -0.4 is 0 Å². The Kier molecular flexibility index (Phi) is 4.05.